The van der Waals surface area contributed by atoms with E-state index in [0.29, 0.717) is 0 Å². The van der Waals surface area contributed by atoms with Crippen molar-refractivity contribution in [1.82, 2.24) is 0 Å². The Kier molecular flexibility index (Phi) is 7.83. The number of ether oxygens (including phenoxy) is 2. The molecule has 2 unspecified atom stereocenters. The van der Waals surface area contributed by atoms with Crippen LogP contribution in [0.1, 0.15) is 0 Å². The molecular weight excluding hydrogens is 598 g/mol. The van der Waals surface area contributed by atoms with Gasteiger partial charge in [0.1, 0.15) is 10.1 Å². The smallest absolute Gasteiger partial charge is 0.360 e. The number of hydrogen-bond acceptors (Lipinski definition) is 4. The molecule has 0 aromatic rings. The highest BCUT2D eigenvalue weighted by atomic mass is 35.6. The first kappa shape index (κ1) is 25.2. The van der Waals surface area contributed by atoms with E-state index in [9.17, 15) is 9.59 Å². The number of esters is 2. The number of carbonyl (C=O) groups excluding carboxylic acids is 2. The molecule has 4 nitrogen and oxygen atoms in total. The fourth-order valence-corrected chi connectivity index (χ4v) is 3.68. The number of rotatable bonds is 2. The minimum atomic E-state index is -2.76. The Morgan fingerprint density at radius 2 is 0.920 bits per heavy atom. The van der Waals surface area contributed by atoms with Crippen LogP contribution in [0.4, 0.5) is 0 Å². The molecule has 0 N–H and O–H groups in total. The predicted molar refractivity (Wildman–Crippen MR) is 103 cm³/mol. The summed E-state index contributed by atoms with van der Waals surface area (Å²) in [6.45, 7) is 0. The van der Waals surface area contributed by atoms with Gasteiger partial charge in [0.2, 0.25) is 4.33 Å². The van der Waals surface area contributed by atoms with Gasteiger partial charge in [-0.1, -0.05) is 139 Å². The number of hydrogen-bond donors (Lipinski definition) is 0. The van der Waals surface area contributed by atoms with Crippen molar-refractivity contribution in [1.29, 1.82) is 0 Å². The number of halogens is 12. The highest BCUT2D eigenvalue weighted by Crippen LogP contribution is 2.66. The Morgan fingerprint density at radius 3 is 1.12 bits per heavy atom. The van der Waals surface area contributed by atoms with Crippen LogP contribution < -0.4 is 0 Å². The first-order valence-electron chi connectivity index (χ1n) is 5.24. The lowest BCUT2D eigenvalue weighted by Gasteiger charge is -2.39. The third kappa shape index (κ3) is 4.51. The summed E-state index contributed by atoms with van der Waals surface area (Å²) in [5.41, 5.74) is 0. The van der Waals surface area contributed by atoms with E-state index >= 15 is 0 Å². The lowest BCUT2D eigenvalue weighted by atomic mass is 10.2. The molecule has 144 valence electrons. The normalized spacial score (nSPS) is 29.6. The van der Waals surface area contributed by atoms with Crippen molar-refractivity contribution >= 4 is 151 Å². The molecule has 0 aromatic heterocycles. The van der Waals surface area contributed by atoms with Crippen LogP contribution in [0.3, 0.4) is 0 Å². The number of alkyl halides is 10. The lowest BCUT2D eigenvalue weighted by Crippen LogP contribution is -2.55. The van der Waals surface area contributed by atoms with Crippen molar-refractivity contribution in [3.63, 3.8) is 0 Å². The van der Waals surface area contributed by atoms with E-state index in [1.165, 1.54) is 0 Å². The highest BCUT2D eigenvalue weighted by Gasteiger charge is 2.76. The second-order valence-corrected chi connectivity index (χ2v) is 11.9. The molecule has 0 aromatic carbocycles. The Labute approximate surface area is 200 Å². The fraction of sp³-hybridized carbons (Fsp3) is 0.556. The van der Waals surface area contributed by atoms with Gasteiger partial charge >= 0.3 is 11.9 Å². The maximum absolute atomic E-state index is 11.8. The molecule has 1 aliphatic rings. The average Bonchev–Trinajstić information content (AvgIpc) is 2.49. The zero-order valence-electron chi connectivity index (χ0n) is 10.7. The Hall–Kier alpha value is 2.16. The molecule has 16 heteroatoms. The topological polar surface area (TPSA) is 52.6 Å². The first-order chi connectivity index (χ1) is 10.8. The summed E-state index contributed by atoms with van der Waals surface area (Å²) in [6.07, 6.45) is 0. The summed E-state index contributed by atoms with van der Waals surface area (Å²) in [4.78, 5) is 23.6. The zero-order chi connectivity index (χ0) is 20.2. The molecule has 25 heavy (non-hydrogen) atoms. The van der Waals surface area contributed by atoms with Gasteiger partial charge in [-0.15, -0.1) is 0 Å². The second-order valence-electron chi connectivity index (χ2n) is 4.17. The van der Waals surface area contributed by atoms with Crippen LogP contribution in [-0.2, 0) is 19.1 Å². The minimum Gasteiger partial charge on any atom is -0.431 e. The van der Waals surface area contributed by atoms with Gasteiger partial charge in [0.05, 0.1) is 0 Å². The third-order valence-corrected chi connectivity index (χ3v) is 7.17. The Morgan fingerprint density at radius 1 is 0.680 bits per heavy atom. The van der Waals surface area contributed by atoms with Crippen LogP contribution in [0.25, 0.3) is 0 Å². The molecule has 1 rings (SSSR count). The molecule has 1 aliphatic carbocycles. The van der Waals surface area contributed by atoms with Crippen molar-refractivity contribution < 1.29 is 19.1 Å². The second kappa shape index (κ2) is 7.77. The lowest BCUT2D eigenvalue weighted by molar-refractivity contribution is -0.154. The summed E-state index contributed by atoms with van der Waals surface area (Å²) >= 11 is 68.2. The Bertz CT molecular complexity index is 581. The molecule has 0 aliphatic heterocycles. The summed E-state index contributed by atoms with van der Waals surface area (Å²) in [6, 6.07) is 0. The molecule has 0 amide bonds. The van der Waals surface area contributed by atoms with Gasteiger partial charge < -0.3 is 9.47 Å². The van der Waals surface area contributed by atoms with Crippen molar-refractivity contribution in [2.75, 3.05) is 0 Å². The Balaban J connectivity index is 3.40. The van der Waals surface area contributed by atoms with Gasteiger partial charge in [-0.25, -0.2) is 9.59 Å². The predicted octanol–water partition coefficient (Wildman–Crippen LogP) is 6.56. The van der Waals surface area contributed by atoms with Crippen LogP contribution in [0.2, 0.25) is 0 Å². The molecule has 0 bridgehead atoms. The molecule has 0 saturated carbocycles. The SMILES string of the molecule is O=C(OC1(Cl)C(Cl)=C(Cl)C(Cl)(OC(=O)C(Cl)(Cl)Cl)C1(Cl)Cl)C(Cl)(Cl)Cl. The largest absolute Gasteiger partial charge is 0.431 e. The average molecular weight is 598 g/mol. The molecule has 0 heterocycles. The van der Waals surface area contributed by atoms with E-state index in [4.69, 9.17) is 149 Å². The van der Waals surface area contributed by atoms with Crippen molar-refractivity contribution in [3.05, 3.63) is 10.1 Å². The fourth-order valence-electron chi connectivity index (χ4n) is 1.35. The van der Waals surface area contributed by atoms with Gasteiger partial charge in [0.15, 0.2) is 0 Å². The van der Waals surface area contributed by atoms with E-state index in [1.54, 1.807) is 0 Å². The van der Waals surface area contributed by atoms with Gasteiger partial charge in [-0.3, -0.25) is 0 Å². The number of carbonyl (C=O) groups is 2. The molecular formula is C9Cl12O4. The van der Waals surface area contributed by atoms with Crippen molar-refractivity contribution in [2.24, 2.45) is 0 Å². The standard InChI is InChI=1S/C9Cl12O4/c10-1-2(11)6(13,25-4(23)8(17,18)19)9(20,21)5(1,12)24-3(22)7(14,15)16. The first-order valence-corrected chi connectivity index (χ1v) is 9.78. The van der Waals surface area contributed by atoms with Crippen LogP contribution in [-0.4, -0.2) is 34.0 Å². The van der Waals surface area contributed by atoms with E-state index in [0.717, 1.165) is 0 Å². The third-order valence-electron chi connectivity index (χ3n) is 2.49. The van der Waals surface area contributed by atoms with Crippen LogP contribution in [0.5, 0.6) is 0 Å². The van der Waals surface area contributed by atoms with Crippen LogP contribution >= 0.6 is 139 Å². The molecule has 0 spiro atoms. The van der Waals surface area contributed by atoms with Gasteiger partial charge in [-0.2, -0.15) is 0 Å². The van der Waals surface area contributed by atoms with Crippen molar-refractivity contribution in [3.8, 4) is 0 Å². The summed E-state index contributed by atoms with van der Waals surface area (Å²) in [5, 5.41) is -6.97. The van der Waals surface area contributed by atoms with E-state index in [2.05, 4.69) is 0 Å². The van der Waals surface area contributed by atoms with E-state index < -0.39 is 44.0 Å². The maximum atomic E-state index is 11.8. The molecule has 2 atom stereocenters. The minimum absolute atomic E-state index is 0.754. The van der Waals surface area contributed by atoms with Crippen molar-refractivity contribution in [2.45, 2.75) is 22.0 Å². The summed E-state index contributed by atoms with van der Waals surface area (Å²) in [5.74, 6) is -3.09. The molecule has 0 fully saturated rings. The monoisotopic (exact) mass is 592 g/mol. The van der Waals surface area contributed by atoms with Crippen LogP contribution in [0.15, 0.2) is 10.1 Å². The summed E-state index contributed by atoms with van der Waals surface area (Å²) < 4.78 is 1.54. The molecule has 0 radical (unpaired) electrons. The van der Waals surface area contributed by atoms with Crippen LogP contribution in [0, 0.1) is 0 Å². The van der Waals surface area contributed by atoms with Gasteiger partial charge in [0.25, 0.3) is 17.7 Å². The summed E-state index contributed by atoms with van der Waals surface area (Å²) in [7, 11) is 0. The van der Waals surface area contributed by atoms with Gasteiger partial charge in [-0.05, 0) is 0 Å². The van der Waals surface area contributed by atoms with E-state index in [1.807, 2.05) is 0 Å². The zero-order valence-corrected chi connectivity index (χ0v) is 19.7. The van der Waals surface area contributed by atoms with E-state index in [-0.39, 0.29) is 0 Å². The quantitative estimate of drug-likeness (QED) is 0.267. The molecule has 0 saturated heterocycles. The highest BCUT2D eigenvalue weighted by molar-refractivity contribution is 6.76. The maximum Gasteiger partial charge on any atom is 0.360 e. The van der Waals surface area contributed by atoms with Gasteiger partial charge in [0, 0.05) is 0 Å².